The van der Waals surface area contributed by atoms with Gasteiger partial charge >= 0.3 is 5.97 Å². The van der Waals surface area contributed by atoms with Crippen LogP contribution in [-0.2, 0) is 16.0 Å². The lowest BCUT2D eigenvalue weighted by atomic mass is 9.85. The van der Waals surface area contributed by atoms with E-state index >= 15 is 0 Å². The number of phenols is 1. The molecule has 22 heavy (non-hydrogen) atoms. The quantitative estimate of drug-likeness (QED) is 0.601. The van der Waals surface area contributed by atoms with E-state index in [2.05, 4.69) is 11.3 Å². The molecule has 1 aromatic rings. The third kappa shape index (κ3) is 3.90. The zero-order valence-corrected chi connectivity index (χ0v) is 13.4. The van der Waals surface area contributed by atoms with Gasteiger partial charge in [-0.25, -0.2) is 0 Å². The lowest BCUT2D eigenvalue weighted by Gasteiger charge is -2.21. The predicted octanol–water partition coefficient (Wildman–Crippen LogP) is 4.35. The van der Waals surface area contributed by atoms with E-state index in [9.17, 15) is 9.90 Å². The van der Waals surface area contributed by atoms with Gasteiger partial charge in [-0.3, -0.25) is 4.79 Å². The van der Waals surface area contributed by atoms with Crippen LogP contribution in [-0.4, -0.2) is 18.2 Å². The summed E-state index contributed by atoms with van der Waals surface area (Å²) in [5.74, 6) is 1.25. The standard InChI is InChI=1S/C19H26O3/c1-3-7-14-8-4-11-16(14)17-12-5-9-15(19(17)21)10-6-13-18(20)22-2/h3,5,9,12,14,16,21H,1,4,6-8,10-11,13H2,2H3/t14?,16-/m0/s1. The van der Waals surface area contributed by atoms with Gasteiger partial charge in [-0.1, -0.05) is 30.7 Å². The Hall–Kier alpha value is -1.77. The molecule has 3 heteroatoms. The topological polar surface area (TPSA) is 46.5 Å². The third-order valence-electron chi connectivity index (χ3n) is 4.73. The van der Waals surface area contributed by atoms with Crippen molar-refractivity contribution in [2.75, 3.05) is 7.11 Å². The van der Waals surface area contributed by atoms with Crippen molar-refractivity contribution in [3.63, 3.8) is 0 Å². The minimum Gasteiger partial charge on any atom is -0.507 e. The highest BCUT2D eigenvalue weighted by molar-refractivity contribution is 5.69. The van der Waals surface area contributed by atoms with Crippen LogP contribution in [0.5, 0.6) is 5.75 Å². The van der Waals surface area contributed by atoms with Crippen LogP contribution in [0.2, 0.25) is 0 Å². The molecule has 0 aromatic heterocycles. The lowest BCUT2D eigenvalue weighted by molar-refractivity contribution is -0.140. The first-order valence-corrected chi connectivity index (χ1v) is 8.15. The fraction of sp³-hybridized carbons (Fsp3) is 0.526. The molecule has 1 fully saturated rings. The monoisotopic (exact) mass is 302 g/mol. The van der Waals surface area contributed by atoms with Gasteiger partial charge in [-0.05, 0) is 55.1 Å². The van der Waals surface area contributed by atoms with Crippen LogP contribution in [0, 0.1) is 5.92 Å². The first-order chi connectivity index (χ1) is 10.7. The van der Waals surface area contributed by atoms with E-state index in [1.54, 1.807) is 0 Å². The molecule has 2 atom stereocenters. The van der Waals surface area contributed by atoms with E-state index in [-0.39, 0.29) is 5.97 Å². The maximum Gasteiger partial charge on any atom is 0.305 e. The highest BCUT2D eigenvalue weighted by atomic mass is 16.5. The van der Waals surface area contributed by atoms with E-state index in [0.717, 1.165) is 24.0 Å². The Bertz CT molecular complexity index is 521. The number of ether oxygens (including phenoxy) is 1. The Morgan fingerprint density at radius 1 is 1.45 bits per heavy atom. The molecule has 0 heterocycles. The second kappa shape index (κ2) is 8.02. The van der Waals surface area contributed by atoms with Crippen molar-refractivity contribution in [3.05, 3.63) is 42.0 Å². The van der Waals surface area contributed by atoms with Crippen molar-refractivity contribution in [3.8, 4) is 5.75 Å². The SMILES string of the molecule is C=CCC1CCC[C@@H]1c1cccc(CCCC(=O)OC)c1O. The van der Waals surface area contributed by atoms with Gasteiger partial charge in [0.25, 0.3) is 0 Å². The molecule has 0 aliphatic heterocycles. The van der Waals surface area contributed by atoms with Gasteiger partial charge in [0.15, 0.2) is 0 Å². The van der Waals surface area contributed by atoms with Gasteiger partial charge in [0.1, 0.15) is 5.75 Å². The number of methoxy groups -OCH3 is 1. The molecular weight excluding hydrogens is 276 g/mol. The van der Waals surface area contributed by atoms with E-state index in [4.69, 9.17) is 0 Å². The number of carbonyl (C=O) groups excluding carboxylic acids is 1. The average Bonchev–Trinajstić information content (AvgIpc) is 2.97. The number of benzene rings is 1. The molecule has 2 rings (SSSR count). The van der Waals surface area contributed by atoms with Gasteiger partial charge in [-0.15, -0.1) is 6.58 Å². The molecule has 0 radical (unpaired) electrons. The molecule has 0 bridgehead atoms. The molecule has 1 unspecified atom stereocenters. The summed E-state index contributed by atoms with van der Waals surface area (Å²) in [6, 6.07) is 6.02. The van der Waals surface area contributed by atoms with E-state index < -0.39 is 0 Å². The van der Waals surface area contributed by atoms with E-state index in [1.165, 1.54) is 20.0 Å². The number of para-hydroxylation sites is 1. The zero-order chi connectivity index (χ0) is 15.9. The Labute approximate surface area is 133 Å². The highest BCUT2D eigenvalue weighted by Gasteiger charge is 2.29. The summed E-state index contributed by atoms with van der Waals surface area (Å²) in [4.78, 5) is 11.2. The fourth-order valence-electron chi connectivity index (χ4n) is 3.58. The second-order valence-electron chi connectivity index (χ2n) is 6.11. The molecule has 0 saturated heterocycles. The van der Waals surface area contributed by atoms with Gasteiger partial charge in [0, 0.05) is 6.42 Å². The molecular formula is C19H26O3. The number of rotatable bonds is 7. The van der Waals surface area contributed by atoms with E-state index in [0.29, 0.717) is 36.8 Å². The predicted molar refractivity (Wildman–Crippen MR) is 88.0 cm³/mol. The molecule has 3 nitrogen and oxygen atoms in total. The number of allylic oxidation sites excluding steroid dienone is 1. The average molecular weight is 302 g/mol. The summed E-state index contributed by atoms with van der Waals surface area (Å²) in [6.45, 7) is 3.85. The summed E-state index contributed by atoms with van der Waals surface area (Å²) < 4.78 is 4.65. The van der Waals surface area contributed by atoms with Crippen molar-refractivity contribution in [2.24, 2.45) is 5.92 Å². The number of phenolic OH excluding ortho intramolecular Hbond substituents is 1. The first kappa shape index (κ1) is 16.6. The first-order valence-electron chi connectivity index (χ1n) is 8.15. The summed E-state index contributed by atoms with van der Waals surface area (Å²) >= 11 is 0. The molecule has 0 spiro atoms. The van der Waals surface area contributed by atoms with Crippen molar-refractivity contribution in [2.45, 2.75) is 50.9 Å². The van der Waals surface area contributed by atoms with Crippen LogP contribution in [0.1, 0.15) is 55.6 Å². The summed E-state index contributed by atoms with van der Waals surface area (Å²) in [5, 5.41) is 10.6. The molecule has 1 aromatic carbocycles. The van der Waals surface area contributed by atoms with Crippen LogP contribution in [0.25, 0.3) is 0 Å². The highest BCUT2D eigenvalue weighted by Crippen LogP contribution is 2.45. The third-order valence-corrected chi connectivity index (χ3v) is 4.73. The lowest BCUT2D eigenvalue weighted by Crippen LogP contribution is -2.07. The largest absolute Gasteiger partial charge is 0.507 e. The number of aryl methyl sites for hydroxylation is 1. The van der Waals surface area contributed by atoms with Crippen LogP contribution < -0.4 is 0 Å². The number of hydrogen-bond acceptors (Lipinski definition) is 3. The number of esters is 1. The molecule has 1 N–H and O–H groups in total. The van der Waals surface area contributed by atoms with Crippen LogP contribution >= 0.6 is 0 Å². The van der Waals surface area contributed by atoms with Gasteiger partial charge < -0.3 is 9.84 Å². The van der Waals surface area contributed by atoms with Gasteiger partial charge in [0.05, 0.1) is 7.11 Å². The zero-order valence-electron chi connectivity index (χ0n) is 13.4. The van der Waals surface area contributed by atoms with Crippen molar-refractivity contribution < 1.29 is 14.6 Å². The van der Waals surface area contributed by atoms with Gasteiger partial charge in [0.2, 0.25) is 0 Å². The summed E-state index contributed by atoms with van der Waals surface area (Å²) in [6.07, 6.45) is 8.35. The summed E-state index contributed by atoms with van der Waals surface area (Å²) in [7, 11) is 1.40. The summed E-state index contributed by atoms with van der Waals surface area (Å²) in [5.41, 5.74) is 2.01. The number of aromatic hydroxyl groups is 1. The van der Waals surface area contributed by atoms with Crippen LogP contribution in [0.3, 0.4) is 0 Å². The van der Waals surface area contributed by atoms with Crippen LogP contribution in [0.15, 0.2) is 30.9 Å². The molecule has 1 aliphatic rings. The normalized spacial score (nSPS) is 20.8. The number of carbonyl (C=O) groups is 1. The minimum atomic E-state index is -0.197. The molecule has 1 aliphatic carbocycles. The minimum absolute atomic E-state index is 0.197. The van der Waals surface area contributed by atoms with Crippen molar-refractivity contribution >= 4 is 5.97 Å². The Balaban J connectivity index is 2.08. The Kier molecular flexibility index (Phi) is 6.05. The Morgan fingerprint density at radius 2 is 2.27 bits per heavy atom. The van der Waals surface area contributed by atoms with E-state index in [1.807, 2.05) is 24.3 Å². The maximum absolute atomic E-state index is 11.2. The van der Waals surface area contributed by atoms with Gasteiger partial charge in [-0.2, -0.15) is 0 Å². The smallest absolute Gasteiger partial charge is 0.305 e. The fourth-order valence-corrected chi connectivity index (χ4v) is 3.58. The van der Waals surface area contributed by atoms with Crippen LogP contribution in [0.4, 0.5) is 0 Å². The van der Waals surface area contributed by atoms with Crippen molar-refractivity contribution in [1.82, 2.24) is 0 Å². The second-order valence-corrected chi connectivity index (χ2v) is 6.11. The molecule has 0 amide bonds. The van der Waals surface area contributed by atoms with Crippen molar-refractivity contribution in [1.29, 1.82) is 0 Å². The molecule has 1 saturated carbocycles. The Morgan fingerprint density at radius 3 is 3.00 bits per heavy atom. The molecule has 120 valence electrons. The maximum atomic E-state index is 11.2. The number of hydrogen-bond donors (Lipinski definition) is 1.